The van der Waals surface area contributed by atoms with E-state index in [0.717, 1.165) is 6.42 Å². The van der Waals surface area contributed by atoms with Gasteiger partial charge in [0.15, 0.2) is 0 Å². The standard InChI is InChI=1S/C15H22O6/c1-18-8-9-20-11-10-19-6-3-7-21-14-5-2-4-13(12-14)15(16)17/h2,4-5,12H,3,6-11H2,1H3,(H,16,17). The Morgan fingerprint density at radius 1 is 1.05 bits per heavy atom. The summed E-state index contributed by atoms with van der Waals surface area (Å²) in [5, 5.41) is 8.86. The number of carboxylic acid groups (broad SMARTS) is 1. The van der Waals surface area contributed by atoms with Crippen LogP contribution in [0, 0.1) is 0 Å². The molecular weight excluding hydrogens is 276 g/mol. The predicted octanol–water partition coefficient (Wildman–Crippen LogP) is 1.83. The second-order valence-electron chi connectivity index (χ2n) is 4.25. The third-order valence-corrected chi connectivity index (χ3v) is 2.59. The average Bonchev–Trinajstić information content (AvgIpc) is 2.49. The van der Waals surface area contributed by atoms with E-state index < -0.39 is 5.97 Å². The van der Waals surface area contributed by atoms with Crippen molar-refractivity contribution >= 4 is 5.97 Å². The van der Waals surface area contributed by atoms with E-state index in [-0.39, 0.29) is 5.56 Å². The Balaban J connectivity index is 2.01. The number of methoxy groups -OCH3 is 1. The molecule has 0 heterocycles. The van der Waals surface area contributed by atoms with Gasteiger partial charge in [-0.1, -0.05) is 6.07 Å². The average molecular weight is 298 g/mol. The van der Waals surface area contributed by atoms with E-state index in [1.54, 1.807) is 19.2 Å². The quantitative estimate of drug-likeness (QED) is 0.593. The van der Waals surface area contributed by atoms with E-state index in [4.69, 9.17) is 24.1 Å². The van der Waals surface area contributed by atoms with Crippen LogP contribution in [-0.2, 0) is 14.2 Å². The van der Waals surface area contributed by atoms with E-state index in [2.05, 4.69) is 0 Å². The lowest BCUT2D eigenvalue weighted by Gasteiger charge is -2.08. The van der Waals surface area contributed by atoms with Gasteiger partial charge in [0.2, 0.25) is 0 Å². The minimum atomic E-state index is -0.961. The molecule has 21 heavy (non-hydrogen) atoms. The van der Waals surface area contributed by atoms with Crippen molar-refractivity contribution in [2.24, 2.45) is 0 Å². The zero-order chi connectivity index (χ0) is 15.3. The molecule has 0 atom stereocenters. The van der Waals surface area contributed by atoms with Gasteiger partial charge < -0.3 is 24.1 Å². The third-order valence-electron chi connectivity index (χ3n) is 2.59. The molecule has 0 spiro atoms. The van der Waals surface area contributed by atoms with Crippen LogP contribution in [0.4, 0.5) is 0 Å². The van der Waals surface area contributed by atoms with Gasteiger partial charge in [0.1, 0.15) is 5.75 Å². The number of carbonyl (C=O) groups is 1. The molecule has 1 N–H and O–H groups in total. The molecule has 0 amide bonds. The minimum absolute atomic E-state index is 0.219. The summed E-state index contributed by atoms with van der Waals surface area (Å²) >= 11 is 0. The van der Waals surface area contributed by atoms with Crippen LogP contribution >= 0.6 is 0 Å². The summed E-state index contributed by atoms with van der Waals surface area (Å²) in [4.78, 5) is 10.8. The number of benzene rings is 1. The van der Waals surface area contributed by atoms with Crippen LogP contribution in [0.2, 0.25) is 0 Å². The first kappa shape index (κ1) is 17.4. The molecule has 1 aromatic rings. The summed E-state index contributed by atoms with van der Waals surface area (Å²) in [6.45, 7) is 3.30. The van der Waals surface area contributed by atoms with Gasteiger partial charge in [0.25, 0.3) is 0 Å². The summed E-state index contributed by atoms with van der Waals surface area (Å²) in [6, 6.07) is 6.43. The molecule has 6 heteroatoms. The summed E-state index contributed by atoms with van der Waals surface area (Å²) < 4.78 is 20.9. The zero-order valence-electron chi connectivity index (χ0n) is 12.2. The molecule has 6 nitrogen and oxygen atoms in total. The number of ether oxygens (including phenoxy) is 4. The van der Waals surface area contributed by atoms with E-state index >= 15 is 0 Å². The number of rotatable bonds is 12. The fraction of sp³-hybridized carbons (Fsp3) is 0.533. The third kappa shape index (κ3) is 8.29. The lowest BCUT2D eigenvalue weighted by molar-refractivity contribution is 0.0224. The minimum Gasteiger partial charge on any atom is -0.493 e. The Kier molecular flexibility index (Phi) is 9.19. The van der Waals surface area contributed by atoms with Gasteiger partial charge >= 0.3 is 5.97 Å². The molecule has 0 aliphatic carbocycles. The lowest BCUT2D eigenvalue weighted by Crippen LogP contribution is -2.10. The smallest absolute Gasteiger partial charge is 0.335 e. The fourth-order valence-corrected chi connectivity index (χ4v) is 1.53. The van der Waals surface area contributed by atoms with Crippen LogP contribution < -0.4 is 4.74 Å². The monoisotopic (exact) mass is 298 g/mol. The maximum Gasteiger partial charge on any atom is 0.335 e. The van der Waals surface area contributed by atoms with Crippen molar-refractivity contribution in [3.63, 3.8) is 0 Å². The number of aromatic carboxylic acids is 1. The Morgan fingerprint density at radius 2 is 1.76 bits per heavy atom. The van der Waals surface area contributed by atoms with Gasteiger partial charge in [-0.2, -0.15) is 0 Å². The Bertz CT molecular complexity index is 407. The van der Waals surface area contributed by atoms with E-state index in [1.165, 1.54) is 12.1 Å². The molecular formula is C15H22O6. The molecule has 0 aliphatic rings. The molecule has 0 aliphatic heterocycles. The lowest BCUT2D eigenvalue weighted by atomic mass is 10.2. The first-order valence-electron chi connectivity index (χ1n) is 6.84. The number of hydrogen-bond acceptors (Lipinski definition) is 5. The molecule has 0 bridgehead atoms. The zero-order valence-corrected chi connectivity index (χ0v) is 12.2. The first-order chi connectivity index (χ1) is 10.2. The van der Waals surface area contributed by atoms with E-state index in [0.29, 0.717) is 45.4 Å². The van der Waals surface area contributed by atoms with Crippen molar-refractivity contribution in [1.82, 2.24) is 0 Å². The maximum atomic E-state index is 10.8. The second-order valence-corrected chi connectivity index (χ2v) is 4.25. The molecule has 0 aromatic heterocycles. The predicted molar refractivity (Wildman–Crippen MR) is 77.0 cm³/mol. The van der Waals surface area contributed by atoms with Crippen molar-refractivity contribution < 1.29 is 28.8 Å². The van der Waals surface area contributed by atoms with Gasteiger partial charge in [0, 0.05) is 20.1 Å². The molecule has 1 rings (SSSR count). The first-order valence-corrected chi connectivity index (χ1v) is 6.84. The summed E-state index contributed by atoms with van der Waals surface area (Å²) in [7, 11) is 1.63. The van der Waals surface area contributed by atoms with Crippen LogP contribution in [0.1, 0.15) is 16.8 Å². The number of hydrogen-bond donors (Lipinski definition) is 1. The second kappa shape index (κ2) is 11.1. The maximum absolute atomic E-state index is 10.8. The molecule has 0 saturated heterocycles. The van der Waals surface area contributed by atoms with Crippen molar-refractivity contribution in [2.75, 3.05) is 46.8 Å². The van der Waals surface area contributed by atoms with E-state index in [9.17, 15) is 4.79 Å². The Morgan fingerprint density at radius 3 is 2.48 bits per heavy atom. The van der Waals surface area contributed by atoms with Crippen molar-refractivity contribution in [3.05, 3.63) is 29.8 Å². The van der Waals surface area contributed by atoms with E-state index in [1.807, 2.05) is 0 Å². The Labute approximate surface area is 124 Å². The summed E-state index contributed by atoms with van der Waals surface area (Å²) in [5.74, 6) is -0.407. The topological polar surface area (TPSA) is 74.2 Å². The SMILES string of the molecule is COCCOCCOCCCOc1cccc(C(=O)O)c1. The summed E-state index contributed by atoms with van der Waals surface area (Å²) in [6.07, 6.45) is 0.732. The number of carboxylic acids is 1. The molecule has 0 unspecified atom stereocenters. The van der Waals surface area contributed by atoms with Gasteiger partial charge in [0.05, 0.1) is 38.6 Å². The van der Waals surface area contributed by atoms with Crippen LogP contribution in [0.3, 0.4) is 0 Å². The highest BCUT2D eigenvalue weighted by Crippen LogP contribution is 2.13. The van der Waals surface area contributed by atoms with Crippen LogP contribution in [-0.4, -0.2) is 57.8 Å². The van der Waals surface area contributed by atoms with Crippen molar-refractivity contribution in [3.8, 4) is 5.75 Å². The highest BCUT2D eigenvalue weighted by molar-refractivity contribution is 5.87. The van der Waals surface area contributed by atoms with Gasteiger partial charge in [-0.05, 0) is 18.2 Å². The van der Waals surface area contributed by atoms with Crippen LogP contribution in [0.15, 0.2) is 24.3 Å². The molecule has 0 fully saturated rings. The molecule has 0 saturated carbocycles. The molecule has 0 radical (unpaired) electrons. The van der Waals surface area contributed by atoms with Crippen molar-refractivity contribution in [1.29, 1.82) is 0 Å². The van der Waals surface area contributed by atoms with Gasteiger partial charge in [-0.25, -0.2) is 4.79 Å². The van der Waals surface area contributed by atoms with Crippen molar-refractivity contribution in [2.45, 2.75) is 6.42 Å². The molecule has 118 valence electrons. The fourth-order valence-electron chi connectivity index (χ4n) is 1.53. The highest BCUT2D eigenvalue weighted by Gasteiger charge is 2.03. The van der Waals surface area contributed by atoms with Crippen LogP contribution in [0.25, 0.3) is 0 Å². The molecule has 1 aromatic carbocycles. The van der Waals surface area contributed by atoms with Gasteiger partial charge in [-0.3, -0.25) is 0 Å². The Hall–Kier alpha value is -1.63. The normalized spacial score (nSPS) is 10.5. The highest BCUT2D eigenvalue weighted by atomic mass is 16.5. The van der Waals surface area contributed by atoms with Gasteiger partial charge in [-0.15, -0.1) is 0 Å². The van der Waals surface area contributed by atoms with Crippen LogP contribution in [0.5, 0.6) is 5.75 Å². The largest absolute Gasteiger partial charge is 0.493 e. The summed E-state index contributed by atoms with van der Waals surface area (Å²) in [5.41, 5.74) is 0.219.